The van der Waals surface area contributed by atoms with Crippen molar-refractivity contribution in [3.63, 3.8) is 0 Å². The van der Waals surface area contributed by atoms with Crippen molar-refractivity contribution in [1.29, 1.82) is 0 Å². The number of ether oxygens (including phenoxy) is 1. The van der Waals surface area contributed by atoms with Crippen molar-refractivity contribution in [2.75, 3.05) is 26.3 Å². The third kappa shape index (κ3) is 4.16. The Kier molecular flexibility index (Phi) is 5.55. The zero-order chi connectivity index (χ0) is 17.0. The van der Waals surface area contributed by atoms with Gasteiger partial charge in [-0.3, -0.25) is 0 Å². The maximum absolute atomic E-state index is 12.9. The standard InChI is InChI=1S/C17H18FNO3S2/c18-15-4-6-16(7-5-15)23-13-14-2-1-3-17(12-14)24(20,21)19-8-10-22-11-9-19/h1-7,12H,8-11,13H2. The molecule has 0 aromatic heterocycles. The van der Waals surface area contributed by atoms with Gasteiger partial charge >= 0.3 is 0 Å². The van der Waals surface area contributed by atoms with E-state index in [1.54, 1.807) is 42.1 Å². The van der Waals surface area contributed by atoms with Gasteiger partial charge in [-0.25, -0.2) is 12.8 Å². The third-order valence-electron chi connectivity index (χ3n) is 3.73. The van der Waals surface area contributed by atoms with Crippen LogP contribution in [0, 0.1) is 5.82 Å². The molecule has 1 aliphatic rings. The second-order valence-electron chi connectivity index (χ2n) is 5.41. The van der Waals surface area contributed by atoms with Crippen LogP contribution in [0.1, 0.15) is 5.56 Å². The van der Waals surface area contributed by atoms with Crippen LogP contribution in [0.4, 0.5) is 4.39 Å². The highest BCUT2D eigenvalue weighted by atomic mass is 32.2. The Labute approximate surface area is 145 Å². The number of nitrogens with zero attached hydrogens (tertiary/aromatic N) is 1. The summed E-state index contributed by atoms with van der Waals surface area (Å²) in [7, 11) is -3.48. The van der Waals surface area contributed by atoms with E-state index >= 15 is 0 Å². The second-order valence-corrected chi connectivity index (χ2v) is 8.39. The lowest BCUT2D eigenvalue weighted by atomic mass is 10.2. The summed E-state index contributed by atoms with van der Waals surface area (Å²) >= 11 is 1.54. The van der Waals surface area contributed by atoms with Crippen LogP contribution in [-0.2, 0) is 20.5 Å². The highest BCUT2D eigenvalue weighted by molar-refractivity contribution is 7.98. The van der Waals surface area contributed by atoms with Crippen molar-refractivity contribution >= 4 is 21.8 Å². The van der Waals surface area contributed by atoms with Crippen molar-refractivity contribution < 1.29 is 17.5 Å². The van der Waals surface area contributed by atoms with Crippen molar-refractivity contribution in [3.8, 4) is 0 Å². The molecule has 4 nitrogen and oxygen atoms in total. The molecule has 2 aromatic carbocycles. The molecule has 1 heterocycles. The van der Waals surface area contributed by atoms with Crippen LogP contribution in [0.15, 0.2) is 58.3 Å². The van der Waals surface area contributed by atoms with Crippen LogP contribution >= 0.6 is 11.8 Å². The molecule has 0 bridgehead atoms. The number of morpholine rings is 1. The van der Waals surface area contributed by atoms with E-state index in [1.165, 1.54) is 16.4 Å². The van der Waals surface area contributed by atoms with Crippen LogP contribution in [0.2, 0.25) is 0 Å². The van der Waals surface area contributed by atoms with Crippen LogP contribution < -0.4 is 0 Å². The van der Waals surface area contributed by atoms with Gasteiger partial charge in [0.1, 0.15) is 5.82 Å². The molecule has 0 atom stereocenters. The fourth-order valence-corrected chi connectivity index (χ4v) is 4.75. The first-order valence-electron chi connectivity index (χ1n) is 7.61. The van der Waals surface area contributed by atoms with Crippen molar-refractivity contribution in [2.24, 2.45) is 0 Å². The molecular formula is C17H18FNO3S2. The first-order chi connectivity index (χ1) is 11.6. The first kappa shape index (κ1) is 17.4. The molecule has 0 saturated carbocycles. The van der Waals surface area contributed by atoms with E-state index < -0.39 is 10.0 Å². The van der Waals surface area contributed by atoms with E-state index in [-0.39, 0.29) is 5.82 Å². The molecule has 24 heavy (non-hydrogen) atoms. The minimum Gasteiger partial charge on any atom is -0.379 e. The highest BCUT2D eigenvalue weighted by Gasteiger charge is 2.26. The second kappa shape index (κ2) is 7.65. The van der Waals surface area contributed by atoms with E-state index in [2.05, 4.69) is 0 Å². The van der Waals surface area contributed by atoms with E-state index in [1.807, 2.05) is 6.07 Å². The van der Waals surface area contributed by atoms with Gasteiger partial charge in [0.25, 0.3) is 0 Å². The van der Waals surface area contributed by atoms with Gasteiger partial charge in [-0.05, 0) is 42.0 Å². The smallest absolute Gasteiger partial charge is 0.243 e. The monoisotopic (exact) mass is 367 g/mol. The molecule has 7 heteroatoms. The maximum atomic E-state index is 12.9. The van der Waals surface area contributed by atoms with Gasteiger partial charge in [-0.15, -0.1) is 11.8 Å². The fraction of sp³-hybridized carbons (Fsp3) is 0.294. The van der Waals surface area contributed by atoms with Gasteiger partial charge in [0, 0.05) is 23.7 Å². The quantitative estimate of drug-likeness (QED) is 0.762. The summed E-state index contributed by atoms with van der Waals surface area (Å²) in [6.45, 7) is 1.63. The van der Waals surface area contributed by atoms with E-state index in [0.717, 1.165) is 10.5 Å². The Morgan fingerprint density at radius 3 is 2.50 bits per heavy atom. The summed E-state index contributed by atoms with van der Waals surface area (Å²) in [5, 5.41) is 0. The average Bonchev–Trinajstić information content (AvgIpc) is 2.62. The third-order valence-corrected chi connectivity index (χ3v) is 6.70. The van der Waals surface area contributed by atoms with E-state index in [4.69, 9.17) is 4.74 Å². The van der Waals surface area contributed by atoms with Crippen LogP contribution in [0.3, 0.4) is 0 Å². The molecule has 1 aliphatic heterocycles. The zero-order valence-electron chi connectivity index (χ0n) is 13.0. The number of benzene rings is 2. The number of hydrogen-bond donors (Lipinski definition) is 0. The normalized spacial score (nSPS) is 16.2. The predicted octanol–water partition coefficient (Wildman–Crippen LogP) is 3.14. The van der Waals surface area contributed by atoms with Gasteiger partial charge < -0.3 is 4.74 Å². The number of rotatable bonds is 5. The lowest BCUT2D eigenvalue weighted by Crippen LogP contribution is -2.40. The highest BCUT2D eigenvalue weighted by Crippen LogP contribution is 2.25. The molecule has 1 saturated heterocycles. The number of sulfonamides is 1. The molecule has 0 unspecified atom stereocenters. The van der Waals surface area contributed by atoms with Crippen LogP contribution in [0.25, 0.3) is 0 Å². The summed E-state index contributed by atoms with van der Waals surface area (Å²) < 4.78 is 44.9. The molecule has 2 aromatic rings. The zero-order valence-corrected chi connectivity index (χ0v) is 14.7. The van der Waals surface area contributed by atoms with E-state index in [9.17, 15) is 12.8 Å². The molecule has 0 spiro atoms. The number of halogens is 1. The number of thioether (sulfide) groups is 1. The Morgan fingerprint density at radius 1 is 1.08 bits per heavy atom. The van der Waals surface area contributed by atoms with Crippen molar-refractivity contribution in [1.82, 2.24) is 4.31 Å². The molecule has 1 fully saturated rings. The maximum Gasteiger partial charge on any atom is 0.243 e. The Bertz CT molecular complexity index is 788. The van der Waals surface area contributed by atoms with Gasteiger partial charge in [-0.1, -0.05) is 12.1 Å². The Hall–Kier alpha value is -1.41. The number of hydrogen-bond acceptors (Lipinski definition) is 4. The summed E-state index contributed by atoms with van der Waals surface area (Å²) in [6, 6.07) is 13.3. The minimum atomic E-state index is -3.48. The van der Waals surface area contributed by atoms with Crippen molar-refractivity contribution in [2.45, 2.75) is 15.5 Å². The fourth-order valence-electron chi connectivity index (χ4n) is 2.43. The molecule has 0 aliphatic carbocycles. The lowest BCUT2D eigenvalue weighted by Gasteiger charge is -2.26. The molecule has 3 rings (SSSR count). The Morgan fingerprint density at radius 2 is 1.79 bits per heavy atom. The van der Waals surface area contributed by atoms with Crippen LogP contribution in [0.5, 0.6) is 0 Å². The van der Waals surface area contributed by atoms with Crippen LogP contribution in [-0.4, -0.2) is 39.0 Å². The average molecular weight is 367 g/mol. The lowest BCUT2D eigenvalue weighted by molar-refractivity contribution is 0.0730. The van der Waals surface area contributed by atoms with Gasteiger partial charge in [0.2, 0.25) is 10.0 Å². The predicted molar refractivity (Wildman–Crippen MR) is 92.0 cm³/mol. The molecular weight excluding hydrogens is 349 g/mol. The topological polar surface area (TPSA) is 46.6 Å². The SMILES string of the molecule is O=S(=O)(c1cccc(CSc2ccc(F)cc2)c1)N1CCOCC1. The van der Waals surface area contributed by atoms with Gasteiger partial charge in [0.05, 0.1) is 18.1 Å². The summed E-state index contributed by atoms with van der Waals surface area (Å²) in [4.78, 5) is 1.25. The van der Waals surface area contributed by atoms with Gasteiger partial charge in [0.15, 0.2) is 0 Å². The summed E-state index contributed by atoms with van der Waals surface area (Å²) in [5.74, 6) is 0.357. The molecule has 0 N–H and O–H groups in total. The van der Waals surface area contributed by atoms with Crippen molar-refractivity contribution in [3.05, 3.63) is 59.9 Å². The summed E-state index contributed by atoms with van der Waals surface area (Å²) in [6.07, 6.45) is 0. The van der Waals surface area contributed by atoms with E-state index in [0.29, 0.717) is 37.0 Å². The van der Waals surface area contributed by atoms with Gasteiger partial charge in [-0.2, -0.15) is 4.31 Å². The Balaban J connectivity index is 1.72. The molecule has 128 valence electrons. The first-order valence-corrected chi connectivity index (χ1v) is 10.0. The summed E-state index contributed by atoms with van der Waals surface area (Å²) in [5.41, 5.74) is 0.915. The molecule has 0 radical (unpaired) electrons. The minimum absolute atomic E-state index is 0.266. The largest absolute Gasteiger partial charge is 0.379 e. The molecule has 0 amide bonds.